The van der Waals surface area contributed by atoms with Crippen molar-refractivity contribution in [2.75, 3.05) is 11.9 Å². The number of allylic oxidation sites excluding steroid dienone is 1. The summed E-state index contributed by atoms with van der Waals surface area (Å²) in [6.45, 7) is 7.33. The van der Waals surface area contributed by atoms with Crippen molar-refractivity contribution >= 4 is 5.95 Å². The van der Waals surface area contributed by atoms with E-state index in [2.05, 4.69) is 26.4 Å². The van der Waals surface area contributed by atoms with E-state index >= 15 is 0 Å². The van der Waals surface area contributed by atoms with Gasteiger partial charge in [-0.15, -0.1) is 6.58 Å². The quantitative estimate of drug-likeness (QED) is 0.789. The lowest BCUT2D eigenvalue weighted by atomic mass is 10.4. The molecule has 2 rings (SSSR count). The van der Waals surface area contributed by atoms with Gasteiger partial charge in [0.15, 0.2) is 0 Å². The van der Waals surface area contributed by atoms with E-state index in [1.54, 1.807) is 0 Å². The Kier molecular flexibility index (Phi) is 3.82. The Balaban J connectivity index is 1.94. The molecule has 0 radical (unpaired) electrons. The maximum absolute atomic E-state index is 4.45. The Morgan fingerprint density at radius 3 is 3.00 bits per heavy atom. The van der Waals surface area contributed by atoms with E-state index in [-0.39, 0.29) is 0 Å². The number of rotatable bonds is 6. The first-order valence-electron chi connectivity index (χ1n) is 6.05. The molecule has 0 aliphatic rings. The zero-order valence-electron chi connectivity index (χ0n) is 10.9. The molecule has 0 bridgehead atoms. The minimum atomic E-state index is 0.769. The van der Waals surface area contributed by atoms with E-state index in [0.717, 1.165) is 37.0 Å². The van der Waals surface area contributed by atoms with Gasteiger partial charge in [0.05, 0.1) is 5.69 Å². The molecule has 5 heteroatoms. The lowest BCUT2D eigenvalue weighted by Crippen LogP contribution is -2.12. The number of imidazole rings is 2. The second-order valence-electron chi connectivity index (χ2n) is 4.28. The first-order chi connectivity index (χ1) is 8.70. The maximum atomic E-state index is 4.45. The molecule has 0 fully saturated rings. The lowest BCUT2D eigenvalue weighted by Gasteiger charge is -2.07. The first-order valence-corrected chi connectivity index (χ1v) is 6.05. The van der Waals surface area contributed by atoms with Crippen LogP contribution in [0.5, 0.6) is 0 Å². The summed E-state index contributed by atoms with van der Waals surface area (Å²) in [5, 5.41) is 3.34. The molecule has 0 unspecified atom stereocenters. The van der Waals surface area contributed by atoms with E-state index < -0.39 is 0 Å². The van der Waals surface area contributed by atoms with Crippen LogP contribution >= 0.6 is 0 Å². The summed E-state index contributed by atoms with van der Waals surface area (Å²) in [5.41, 5.74) is 1.01. The zero-order valence-corrected chi connectivity index (χ0v) is 10.9. The average Bonchev–Trinajstić information content (AvgIpc) is 2.87. The van der Waals surface area contributed by atoms with Gasteiger partial charge in [0.25, 0.3) is 0 Å². The zero-order chi connectivity index (χ0) is 13.0. The summed E-state index contributed by atoms with van der Waals surface area (Å²) in [6.07, 6.45) is 8.54. The van der Waals surface area contributed by atoms with E-state index in [1.807, 2.05) is 43.2 Å². The lowest BCUT2D eigenvalue weighted by molar-refractivity contribution is 0.774. The first kappa shape index (κ1) is 12.4. The van der Waals surface area contributed by atoms with E-state index in [0.29, 0.717) is 0 Å². The molecule has 0 saturated heterocycles. The monoisotopic (exact) mass is 245 g/mol. The van der Waals surface area contributed by atoms with Crippen LogP contribution in [0.15, 0.2) is 31.2 Å². The van der Waals surface area contributed by atoms with Crippen LogP contribution in [-0.4, -0.2) is 25.6 Å². The Bertz CT molecular complexity index is 523. The highest BCUT2D eigenvalue weighted by atomic mass is 15.2. The van der Waals surface area contributed by atoms with Crippen molar-refractivity contribution in [1.29, 1.82) is 0 Å². The molecule has 5 nitrogen and oxygen atoms in total. The Hall–Kier alpha value is -2.04. The van der Waals surface area contributed by atoms with Gasteiger partial charge in [-0.25, -0.2) is 9.97 Å². The van der Waals surface area contributed by atoms with Crippen LogP contribution in [0.4, 0.5) is 5.95 Å². The van der Waals surface area contributed by atoms with Gasteiger partial charge in [0.1, 0.15) is 5.82 Å². The fourth-order valence-electron chi connectivity index (χ4n) is 1.89. The van der Waals surface area contributed by atoms with Crippen molar-refractivity contribution in [2.24, 2.45) is 7.05 Å². The van der Waals surface area contributed by atoms with E-state index in [1.165, 1.54) is 0 Å². The van der Waals surface area contributed by atoms with Crippen LogP contribution in [0.1, 0.15) is 11.5 Å². The third-order valence-electron chi connectivity index (χ3n) is 2.78. The number of nitrogens with zero attached hydrogens (tertiary/aromatic N) is 4. The topological polar surface area (TPSA) is 47.7 Å². The van der Waals surface area contributed by atoms with Crippen molar-refractivity contribution in [3.63, 3.8) is 0 Å². The third-order valence-corrected chi connectivity index (χ3v) is 2.78. The number of nitrogens with one attached hydrogen (secondary N) is 1. The van der Waals surface area contributed by atoms with Crippen molar-refractivity contribution in [3.05, 3.63) is 42.8 Å². The molecule has 96 valence electrons. The summed E-state index contributed by atoms with van der Waals surface area (Å²) in [6, 6.07) is 0. The van der Waals surface area contributed by atoms with Crippen LogP contribution in [0.25, 0.3) is 0 Å². The summed E-state index contributed by atoms with van der Waals surface area (Å²) < 4.78 is 4.09. The third kappa shape index (κ3) is 2.80. The minimum Gasteiger partial charge on any atom is -0.355 e. The fraction of sp³-hybridized carbons (Fsp3) is 0.385. The number of hydrogen-bond acceptors (Lipinski definition) is 3. The Labute approximate surface area is 107 Å². The van der Waals surface area contributed by atoms with Crippen molar-refractivity contribution < 1.29 is 0 Å². The highest BCUT2D eigenvalue weighted by molar-refractivity contribution is 5.29. The van der Waals surface area contributed by atoms with Crippen molar-refractivity contribution in [1.82, 2.24) is 19.1 Å². The SMILES string of the molecule is C=CCn1cc(C)nc1NCCc1nccn1C. The highest BCUT2D eigenvalue weighted by Gasteiger charge is 2.04. The molecule has 2 aromatic rings. The van der Waals surface area contributed by atoms with Crippen LogP contribution in [0, 0.1) is 6.92 Å². The standard InChI is InChI=1S/C13H19N5/c1-4-8-18-10-11(2)16-13(18)15-6-5-12-14-7-9-17(12)3/h4,7,9-10H,1,5-6,8H2,2-3H3,(H,15,16). The predicted octanol–water partition coefficient (Wildman–Crippen LogP) is 1.77. The molecular weight excluding hydrogens is 226 g/mol. The largest absolute Gasteiger partial charge is 0.355 e. The molecular formula is C13H19N5. The van der Waals surface area contributed by atoms with Gasteiger partial charge in [-0.1, -0.05) is 6.08 Å². The predicted molar refractivity (Wildman–Crippen MR) is 72.6 cm³/mol. The van der Waals surface area contributed by atoms with Crippen LogP contribution in [0.3, 0.4) is 0 Å². The van der Waals surface area contributed by atoms with Gasteiger partial charge < -0.3 is 14.5 Å². The number of hydrogen-bond donors (Lipinski definition) is 1. The van der Waals surface area contributed by atoms with Gasteiger partial charge >= 0.3 is 0 Å². The summed E-state index contributed by atoms with van der Waals surface area (Å²) in [5.74, 6) is 1.96. The highest BCUT2D eigenvalue weighted by Crippen LogP contribution is 2.08. The van der Waals surface area contributed by atoms with Gasteiger partial charge in [0, 0.05) is 45.1 Å². The Morgan fingerprint density at radius 1 is 1.50 bits per heavy atom. The summed E-state index contributed by atoms with van der Waals surface area (Å²) >= 11 is 0. The van der Waals surface area contributed by atoms with Crippen molar-refractivity contribution in [3.8, 4) is 0 Å². The molecule has 18 heavy (non-hydrogen) atoms. The molecule has 0 spiro atoms. The molecule has 2 aromatic heterocycles. The van der Waals surface area contributed by atoms with Crippen LogP contribution in [-0.2, 0) is 20.0 Å². The van der Waals surface area contributed by atoms with Gasteiger partial charge in [-0.3, -0.25) is 0 Å². The van der Waals surface area contributed by atoms with E-state index in [4.69, 9.17) is 0 Å². The normalized spacial score (nSPS) is 10.6. The minimum absolute atomic E-state index is 0.769. The fourth-order valence-corrected chi connectivity index (χ4v) is 1.89. The number of anilines is 1. The maximum Gasteiger partial charge on any atom is 0.203 e. The van der Waals surface area contributed by atoms with Crippen molar-refractivity contribution in [2.45, 2.75) is 19.9 Å². The van der Waals surface area contributed by atoms with Gasteiger partial charge in [-0.2, -0.15) is 0 Å². The van der Waals surface area contributed by atoms with E-state index in [9.17, 15) is 0 Å². The molecule has 0 aliphatic carbocycles. The van der Waals surface area contributed by atoms with Gasteiger partial charge in [-0.05, 0) is 6.92 Å². The summed E-state index contributed by atoms with van der Waals surface area (Å²) in [4.78, 5) is 8.74. The molecule has 2 heterocycles. The average molecular weight is 245 g/mol. The molecule has 0 aliphatic heterocycles. The second kappa shape index (κ2) is 5.53. The molecule has 1 N–H and O–H groups in total. The van der Waals surface area contributed by atoms with Crippen LogP contribution < -0.4 is 5.32 Å². The number of aromatic nitrogens is 4. The summed E-state index contributed by atoms with van der Waals surface area (Å²) in [7, 11) is 2.01. The molecule has 0 saturated carbocycles. The molecule has 0 amide bonds. The second-order valence-corrected chi connectivity index (χ2v) is 4.28. The molecule has 0 aromatic carbocycles. The number of aryl methyl sites for hydroxylation is 2. The van der Waals surface area contributed by atoms with Gasteiger partial charge in [0.2, 0.25) is 5.95 Å². The molecule has 0 atom stereocenters. The smallest absolute Gasteiger partial charge is 0.203 e. The van der Waals surface area contributed by atoms with Crippen LogP contribution in [0.2, 0.25) is 0 Å². The Morgan fingerprint density at radius 2 is 2.33 bits per heavy atom.